The van der Waals surface area contributed by atoms with E-state index in [1.807, 2.05) is 35.7 Å². The highest BCUT2D eigenvalue weighted by Gasteiger charge is 2.25. The van der Waals surface area contributed by atoms with Crippen LogP contribution in [0.4, 0.5) is 0 Å². The Morgan fingerprint density at radius 3 is 2.86 bits per heavy atom. The molecule has 0 saturated carbocycles. The third-order valence-corrected chi connectivity index (χ3v) is 4.02. The van der Waals surface area contributed by atoms with Crippen molar-refractivity contribution in [3.63, 3.8) is 0 Å². The largest absolute Gasteiger partial charge is 0.385 e. The molecular formula is C16H20N2O3S. The van der Waals surface area contributed by atoms with Crippen molar-refractivity contribution in [1.82, 2.24) is 10.2 Å². The van der Waals surface area contributed by atoms with E-state index in [-0.39, 0.29) is 18.4 Å². The van der Waals surface area contributed by atoms with E-state index in [2.05, 4.69) is 5.32 Å². The molecule has 22 heavy (non-hydrogen) atoms. The third-order valence-electron chi connectivity index (χ3n) is 3.21. The average molecular weight is 320 g/mol. The first-order chi connectivity index (χ1) is 10.7. The van der Waals surface area contributed by atoms with E-state index in [1.165, 1.54) is 11.8 Å². The number of nitrogens with zero attached hydrogens (tertiary/aromatic N) is 1. The summed E-state index contributed by atoms with van der Waals surface area (Å²) in [6.07, 6.45) is 0.757. The molecule has 1 aromatic carbocycles. The van der Waals surface area contributed by atoms with Gasteiger partial charge in [0.25, 0.3) is 0 Å². The minimum absolute atomic E-state index is 0.0432. The van der Waals surface area contributed by atoms with Crippen LogP contribution in [0, 0.1) is 0 Å². The lowest BCUT2D eigenvalue weighted by atomic mass is 10.1. The van der Waals surface area contributed by atoms with Gasteiger partial charge in [0.1, 0.15) is 6.54 Å². The fraction of sp³-hybridized carbons (Fsp3) is 0.375. The van der Waals surface area contributed by atoms with Gasteiger partial charge in [0.05, 0.1) is 11.4 Å². The van der Waals surface area contributed by atoms with Gasteiger partial charge in [0, 0.05) is 20.3 Å². The number of amides is 2. The van der Waals surface area contributed by atoms with Crippen molar-refractivity contribution in [3.8, 4) is 0 Å². The zero-order chi connectivity index (χ0) is 15.8. The molecule has 0 saturated heterocycles. The summed E-state index contributed by atoms with van der Waals surface area (Å²) in [5.41, 5.74) is 1.73. The number of thioether (sulfide) groups is 1. The molecule has 2 rings (SSSR count). The van der Waals surface area contributed by atoms with Crippen LogP contribution in [0.1, 0.15) is 12.0 Å². The summed E-state index contributed by atoms with van der Waals surface area (Å²) < 4.78 is 4.94. The highest BCUT2D eigenvalue weighted by molar-refractivity contribution is 8.03. The molecule has 1 N–H and O–H groups in total. The summed E-state index contributed by atoms with van der Waals surface area (Å²) >= 11 is 1.46. The molecule has 2 amide bonds. The van der Waals surface area contributed by atoms with Gasteiger partial charge in [-0.2, -0.15) is 0 Å². The number of carbonyl (C=O) groups is 2. The topological polar surface area (TPSA) is 58.6 Å². The van der Waals surface area contributed by atoms with E-state index in [4.69, 9.17) is 4.74 Å². The Morgan fingerprint density at radius 1 is 1.36 bits per heavy atom. The van der Waals surface area contributed by atoms with E-state index in [0.29, 0.717) is 18.9 Å². The summed E-state index contributed by atoms with van der Waals surface area (Å²) in [6.45, 7) is 1.20. The fourth-order valence-corrected chi connectivity index (χ4v) is 2.92. The first-order valence-electron chi connectivity index (χ1n) is 7.15. The molecule has 5 nitrogen and oxygen atoms in total. The Bertz CT molecular complexity index is 546. The van der Waals surface area contributed by atoms with E-state index < -0.39 is 0 Å². The molecule has 0 radical (unpaired) electrons. The minimum Gasteiger partial charge on any atom is -0.385 e. The van der Waals surface area contributed by atoms with Crippen LogP contribution in [0.5, 0.6) is 0 Å². The molecule has 0 unspecified atom stereocenters. The monoisotopic (exact) mass is 320 g/mol. The molecule has 0 atom stereocenters. The molecule has 118 valence electrons. The highest BCUT2D eigenvalue weighted by atomic mass is 32.2. The standard InChI is InChI=1S/C16H20N2O3S/c1-21-9-5-8-17-15(19)10-18-14(11-22-12-16(18)20)13-6-3-2-4-7-13/h2-4,6-7,11H,5,8-10,12H2,1H3,(H,17,19). The SMILES string of the molecule is COCCCNC(=O)CN1C(=O)CSC=C1c1ccccc1. The van der Waals surface area contributed by atoms with Gasteiger partial charge in [0.2, 0.25) is 11.8 Å². The van der Waals surface area contributed by atoms with Crippen LogP contribution in [0.25, 0.3) is 5.70 Å². The molecule has 6 heteroatoms. The van der Waals surface area contributed by atoms with Gasteiger partial charge in [-0.3, -0.25) is 9.59 Å². The van der Waals surface area contributed by atoms with Gasteiger partial charge in [0.15, 0.2) is 0 Å². The van der Waals surface area contributed by atoms with E-state index in [9.17, 15) is 9.59 Å². The quantitative estimate of drug-likeness (QED) is 0.777. The molecular weight excluding hydrogens is 300 g/mol. The molecule has 0 bridgehead atoms. The third kappa shape index (κ3) is 4.61. The second-order valence-corrected chi connectivity index (χ2v) is 5.71. The Labute approximate surface area is 134 Å². The van der Waals surface area contributed by atoms with Crippen molar-refractivity contribution in [2.45, 2.75) is 6.42 Å². The number of nitrogens with one attached hydrogen (secondary N) is 1. The lowest BCUT2D eigenvalue weighted by molar-refractivity contribution is -0.131. The van der Waals surface area contributed by atoms with Crippen molar-refractivity contribution in [2.24, 2.45) is 0 Å². The minimum atomic E-state index is -0.154. The summed E-state index contributed by atoms with van der Waals surface area (Å²) in [7, 11) is 1.63. The van der Waals surface area contributed by atoms with Gasteiger partial charge in [-0.1, -0.05) is 30.3 Å². The normalized spacial score (nSPS) is 14.7. The lowest BCUT2D eigenvalue weighted by Gasteiger charge is -2.28. The van der Waals surface area contributed by atoms with Gasteiger partial charge < -0.3 is 15.0 Å². The molecule has 0 aliphatic carbocycles. The van der Waals surface area contributed by atoms with Crippen LogP contribution in [-0.2, 0) is 14.3 Å². The zero-order valence-corrected chi connectivity index (χ0v) is 13.4. The predicted molar refractivity (Wildman–Crippen MR) is 88.1 cm³/mol. The lowest BCUT2D eigenvalue weighted by Crippen LogP contribution is -2.41. The Balaban J connectivity index is 2.00. The Hall–Kier alpha value is -1.79. The van der Waals surface area contributed by atoms with Crippen molar-refractivity contribution in [2.75, 3.05) is 32.6 Å². The Kier molecular flexibility index (Phi) is 6.48. The predicted octanol–water partition coefficient (Wildman–Crippen LogP) is 1.71. The van der Waals surface area contributed by atoms with Crippen molar-refractivity contribution < 1.29 is 14.3 Å². The maximum absolute atomic E-state index is 12.2. The van der Waals surface area contributed by atoms with Crippen LogP contribution < -0.4 is 5.32 Å². The maximum Gasteiger partial charge on any atom is 0.240 e. The van der Waals surface area contributed by atoms with Crippen LogP contribution in [-0.4, -0.2) is 49.3 Å². The zero-order valence-electron chi connectivity index (χ0n) is 12.6. The van der Waals surface area contributed by atoms with Crippen LogP contribution >= 0.6 is 11.8 Å². The summed E-state index contributed by atoms with van der Waals surface area (Å²) in [6, 6.07) is 9.64. The number of benzene rings is 1. The van der Waals surface area contributed by atoms with Gasteiger partial charge >= 0.3 is 0 Å². The number of ether oxygens (including phenoxy) is 1. The first kappa shape index (κ1) is 16.6. The van der Waals surface area contributed by atoms with Crippen molar-refractivity contribution in [3.05, 3.63) is 41.3 Å². The molecule has 1 heterocycles. The number of methoxy groups -OCH3 is 1. The summed E-state index contributed by atoms with van der Waals surface area (Å²) in [4.78, 5) is 25.7. The molecule has 0 spiro atoms. The average Bonchev–Trinajstić information content (AvgIpc) is 2.54. The van der Waals surface area contributed by atoms with Gasteiger partial charge in [-0.25, -0.2) is 0 Å². The van der Waals surface area contributed by atoms with Crippen LogP contribution in [0.2, 0.25) is 0 Å². The molecule has 1 aliphatic heterocycles. The van der Waals surface area contributed by atoms with Crippen molar-refractivity contribution in [1.29, 1.82) is 0 Å². The fourth-order valence-electron chi connectivity index (χ4n) is 2.12. The number of hydrogen-bond acceptors (Lipinski definition) is 4. The molecule has 1 aliphatic rings. The number of hydrogen-bond donors (Lipinski definition) is 1. The Morgan fingerprint density at radius 2 is 2.14 bits per heavy atom. The van der Waals surface area contributed by atoms with E-state index >= 15 is 0 Å². The molecule has 0 fully saturated rings. The summed E-state index contributed by atoms with van der Waals surface area (Å²) in [5.74, 6) is 0.171. The van der Waals surface area contributed by atoms with Gasteiger partial charge in [-0.15, -0.1) is 11.8 Å². The second kappa shape index (κ2) is 8.60. The number of rotatable bonds is 7. The maximum atomic E-state index is 12.2. The second-order valence-electron chi connectivity index (χ2n) is 4.86. The van der Waals surface area contributed by atoms with E-state index in [0.717, 1.165) is 17.7 Å². The highest BCUT2D eigenvalue weighted by Crippen LogP contribution is 2.27. The smallest absolute Gasteiger partial charge is 0.240 e. The summed E-state index contributed by atoms with van der Waals surface area (Å²) in [5, 5.41) is 4.75. The van der Waals surface area contributed by atoms with Gasteiger partial charge in [-0.05, 0) is 17.4 Å². The van der Waals surface area contributed by atoms with Crippen LogP contribution in [0.15, 0.2) is 35.7 Å². The first-order valence-corrected chi connectivity index (χ1v) is 8.20. The van der Waals surface area contributed by atoms with E-state index in [1.54, 1.807) is 12.0 Å². The number of carbonyl (C=O) groups excluding carboxylic acids is 2. The van der Waals surface area contributed by atoms with Crippen LogP contribution in [0.3, 0.4) is 0 Å². The van der Waals surface area contributed by atoms with Crippen molar-refractivity contribution >= 4 is 29.3 Å². The molecule has 1 aromatic rings. The molecule has 0 aromatic heterocycles.